The molecule has 1 aliphatic heterocycles. The maximum absolute atomic E-state index is 6.51. The molecule has 62 heavy (non-hydrogen) atoms. The second-order valence-corrected chi connectivity index (χ2v) is 16.0. The number of fused-ring (bicyclic) bond motifs is 4. The van der Waals surface area contributed by atoms with Crippen molar-refractivity contribution in [1.29, 1.82) is 0 Å². The number of para-hydroxylation sites is 1. The molecule has 0 atom stereocenters. The number of anilines is 3. The molecule has 0 aromatic heterocycles. The summed E-state index contributed by atoms with van der Waals surface area (Å²) in [6.45, 7) is 0. The van der Waals surface area contributed by atoms with Gasteiger partial charge in [-0.25, -0.2) is 0 Å². The van der Waals surface area contributed by atoms with Crippen LogP contribution < -0.4 is 9.64 Å². The lowest BCUT2D eigenvalue weighted by Gasteiger charge is -2.29. The number of hydrogen-bond acceptors (Lipinski definition) is 2. The molecule has 1 heterocycles. The molecular formula is C60H39NO. The second-order valence-electron chi connectivity index (χ2n) is 16.0. The molecule has 0 N–H and O–H groups in total. The van der Waals surface area contributed by atoms with Gasteiger partial charge in [-0.2, -0.15) is 0 Å². The summed E-state index contributed by atoms with van der Waals surface area (Å²) >= 11 is 0. The Bertz CT molecular complexity index is 3500. The van der Waals surface area contributed by atoms with E-state index in [0.717, 1.165) is 56.2 Å². The molecule has 0 spiro atoms. The van der Waals surface area contributed by atoms with Crippen LogP contribution in [-0.4, -0.2) is 0 Å². The average molecular weight is 790 g/mol. The van der Waals surface area contributed by atoms with Gasteiger partial charge in [0.05, 0.1) is 5.69 Å². The Morgan fingerprint density at radius 1 is 0.274 bits per heavy atom. The van der Waals surface area contributed by atoms with E-state index in [-0.39, 0.29) is 0 Å². The highest BCUT2D eigenvalue weighted by molar-refractivity contribution is 6.09. The zero-order valence-electron chi connectivity index (χ0n) is 33.9. The number of rotatable bonds is 7. The Morgan fingerprint density at radius 3 is 1.61 bits per heavy atom. The van der Waals surface area contributed by atoms with Crippen LogP contribution in [0.1, 0.15) is 0 Å². The predicted molar refractivity (Wildman–Crippen MR) is 261 cm³/mol. The molecule has 0 amide bonds. The monoisotopic (exact) mass is 789 g/mol. The van der Waals surface area contributed by atoms with E-state index in [4.69, 9.17) is 4.74 Å². The van der Waals surface area contributed by atoms with E-state index in [1.54, 1.807) is 0 Å². The van der Waals surface area contributed by atoms with E-state index >= 15 is 0 Å². The highest BCUT2D eigenvalue weighted by atomic mass is 16.5. The number of benzene rings is 11. The van der Waals surface area contributed by atoms with Crippen molar-refractivity contribution in [3.8, 4) is 67.1 Å². The lowest BCUT2D eigenvalue weighted by atomic mass is 9.90. The van der Waals surface area contributed by atoms with Crippen molar-refractivity contribution in [2.24, 2.45) is 0 Å². The van der Waals surface area contributed by atoms with Crippen molar-refractivity contribution in [3.63, 3.8) is 0 Å². The second kappa shape index (κ2) is 14.8. The average Bonchev–Trinajstić information content (AvgIpc) is 3.34. The first-order valence-electron chi connectivity index (χ1n) is 21.2. The molecule has 11 aromatic rings. The maximum Gasteiger partial charge on any atom is 0.135 e. The Labute approximate surface area is 361 Å². The number of hydrogen-bond donors (Lipinski definition) is 0. The Balaban J connectivity index is 1.06. The fourth-order valence-electron chi connectivity index (χ4n) is 9.61. The van der Waals surface area contributed by atoms with Crippen molar-refractivity contribution < 1.29 is 4.74 Å². The molecule has 0 bridgehead atoms. The van der Waals surface area contributed by atoms with E-state index in [1.165, 1.54) is 60.3 Å². The molecular weight excluding hydrogens is 751 g/mol. The van der Waals surface area contributed by atoms with E-state index in [0.29, 0.717) is 0 Å². The summed E-state index contributed by atoms with van der Waals surface area (Å²) in [5.74, 6) is 1.78. The first kappa shape index (κ1) is 35.7. The molecule has 0 radical (unpaired) electrons. The Hall–Kier alpha value is -8.20. The summed E-state index contributed by atoms with van der Waals surface area (Å²) in [7, 11) is 0. The van der Waals surface area contributed by atoms with Crippen LogP contribution in [0.3, 0.4) is 0 Å². The van der Waals surface area contributed by atoms with Gasteiger partial charge in [0, 0.05) is 27.9 Å². The van der Waals surface area contributed by atoms with E-state index in [9.17, 15) is 0 Å². The van der Waals surface area contributed by atoms with Gasteiger partial charge < -0.3 is 9.64 Å². The highest BCUT2D eigenvalue weighted by Gasteiger charge is 2.23. The van der Waals surface area contributed by atoms with Crippen LogP contribution in [0.5, 0.6) is 11.5 Å². The minimum Gasteiger partial charge on any atom is -0.456 e. The normalized spacial score (nSPS) is 11.7. The standard InChI is InChI=1S/C60H39NO/c1-2-15-41(16-3-1)51-30-11-19-42-20-12-31-53(59(42)51)52-28-6-7-33-56(52)61(48-26-9-24-46(38-48)50-29-10-18-40-17-4-5-27-49(40)50)47-25-8-23-44(37-47)45-35-36-57-55(39-45)54-32-13-21-43-22-14-34-58(62-57)60(43)54/h1-39H. The van der Waals surface area contributed by atoms with Crippen molar-refractivity contribution in [2.75, 3.05) is 4.90 Å². The fraction of sp³-hybridized carbons (Fsp3) is 0. The van der Waals surface area contributed by atoms with Crippen molar-refractivity contribution in [3.05, 3.63) is 237 Å². The van der Waals surface area contributed by atoms with Crippen molar-refractivity contribution >= 4 is 49.4 Å². The van der Waals surface area contributed by atoms with E-state index < -0.39 is 0 Å². The van der Waals surface area contributed by atoms with Crippen LogP contribution >= 0.6 is 0 Å². The topological polar surface area (TPSA) is 12.5 Å². The molecule has 0 saturated heterocycles. The van der Waals surface area contributed by atoms with Crippen LogP contribution in [0, 0.1) is 0 Å². The molecule has 1 aliphatic rings. The van der Waals surface area contributed by atoms with Crippen molar-refractivity contribution in [1.82, 2.24) is 0 Å². The molecule has 0 unspecified atom stereocenters. The SMILES string of the molecule is c1ccc(-c2cccc3cccc(-c4ccccc4N(c4cccc(-c5ccc6c(c5)-c5cccc7cccc(c57)O6)c4)c4cccc(-c5cccc6ccccc56)c4)c23)cc1. The molecule has 2 nitrogen and oxygen atoms in total. The molecule has 2 heteroatoms. The van der Waals surface area contributed by atoms with Gasteiger partial charge in [-0.3, -0.25) is 0 Å². The molecule has 0 saturated carbocycles. The largest absolute Gasteiger partial charge is 0.456 e. The van der Waals surface area contributed by atoms with Gasteiger partial charge in [-0.15, -0.1) is 0 Å². The van der Waals surface area contributed by atoms with Crippen LogP contribution in [0.2, 0.25) is 0 Å². The van der Waals surface area contributed by atoms with Gasteiger partial charge >= 0.3 is 0 Å². The van der Waals surface area contributed by atoms with E-state index in [1.807, 2.05) is 0 Å². The summed E-state index contributed by atoms with van der Waals surface area (Å²) in [5, 5.41) is 7.25. The Kier molecular flexibility index (Phi) is 8.53. The van der Waals surface area contributed by atoms with Gasteiger partial charge in [-0.05, 0) is 120 Å². The lowest BCUT2D eigenvalue weighted by molar-refractivity contribution is 0.487. The third-order valence-corrected chi connectivity index (χ3v) is 12.4. The predicted octanol–water partition coefficient (Wildman–Crippen LogP) is 17.1. The minimum absolute atomic E-state index is 0.877. The first-order chi connectivity index (χ1) is 30.7. The summed E-state index contributed by atoms with van der Waals surface area (Å²) in [6, 6.07) is 85.6. The van der Waals surface area contributed by atoms with Gasteiger partial charge in [-0.1, -0.05) is 188 Å². The molecule has 290 valence electrons. The maximum atomic E-state index is 6.51. The third kappa shape index (κ3) is 6.04. The summed E-state index contributed by atoms with van der Waals surface area (Å²) < 4.78 is 6.51. The van der Waals surface area contributed by atoms with Gasteiger partial charge in [0.1, 0.15) is 11.5 Å². The van der Waals surface area contributed by atoms with Crippen LogP contribution in [-0.2, 0) is 0 Å². The molecule has 0 fully saturated rings. The highest BCUT2D eigenvalue weighted by Crippen LogP contribution is 2.49. The zero-order chi connectivity index (χ0) is 41.0. The molecule has 12 rings (SSSR count). The molecule has 0 aliphatic carbocycles. The Morgan fingerprint density at radius 2 is 0.806 bits per heavy atom. The van der Waals surface area contributed by atoms with Crippen LogP contribution in [0.4, 0.5) is 17.1 Å². The van der Waals surface area contributed by atoms with Crippen LogP contribution in [0.25, 0.3) is 88.0 Å². The number of nitrogens with zero attached hydrogens (tertiary/aromatic N) is 1. The molecule has 11 aromatic carbocycles. The van der Waals surface area contributed by atoms with Crippen molar-refractivity contribution in [2.45, 2.75) is 0 Å². The van der Waals surface area contributed by atoms with Gasteiger partial charge in [0.15, 0.2) is 0 Å². The summed E-state index contributed by atoms with van der Waals surface area (Å²) in [6.07, 6.45) is 0. The quantitative estimate of drug-likeness (QED) is 0.159. The summed E-state index contributed by atoms with van der Waals surface area (Å²) in [4.78, 5) is 2.44. The fourth-order valence-corrected chi connectivity index (χ4v) is 9.61. The lowest BCUT2D eigenvalue weighted by Crippen LogP contribution is -2.11. The third-order valence-electron chi connectivity index (χ3n) is 12.4. The smallest absolute Gasteiger partial charge is 0.135 e. The number of ether oxygens (including phenoxy) is 1. The zero-order valence-corrected chi connectivity index (χ0v) is 33.9. The van der Waals surface area contributed by atoms with Crippen LogP contribution in [0.15, 0.2) is 237 Å². The summed E-state index contributed by atoms with van der Waals surface area (Å²) in [5.41, 5.74) is 14.9. The van der Waals surface area contributed by atoms with Gasteiger partial charge in [0.25, 0.3) is 0 Å². The van der Waals surface area contributed by atoms with E-state index in [2.05, 4.69) is 241 Å². The first-order valence-corrected chi connectivity index (χ1v) is 21.2. The minimum atomic E-state index is 0.877. The van der Waals surface area contributed by atoms with Gasteiger partial charge in [0.2, 0.25) is 0 Å².